The second-order valence-corrected chi connectivity index (χ2v) is 6.50. The highest BCUT2D eigenvalue weighted by Crippen LogP contribution is 2.32. The van der Waals surface area contributed by atoms with Crippen LogP contribution in [0.4, 0.5) is 5.69 Å². The van der Waals surface area contributed by atoms with Crippen LogP contribution in [-0.4, -0.2) is 18.2 Å². The minimum Gasteiger partial charge on any atom is -0.506 e. The lowest BCUT2D eigenvalue weighted by Crippen LogP contribution is -2.00. The van der Waals surface area contributed by atoms with Crippen molar-refractivity contribution in [2.24, 2.45) is 0 Å². The van der Waals surface area contributed by atoms with Gasteiger partial charge in [-0.1, -0.05) is 28.1 Å². The van der Waals surface area contributed by atoms with Gasteiger partial charge in [0.15, 0.2) is 0 Å². The second kappa shape index (κ2) is 8.17. The van der Waals surface area contributed by atoms with Crippen LogP contribution in [0.1, 0.15) is 11.1 Å². The number of carbonyl (C=O) groups is 1. The number of hydrogen-bond donors (Lipinski definition) is 2. The molecule has 0 atom stereocenters. The number of esters is 1. The van der Waals surface area contributed by atoms with Crippen LogP contribution in [0.2, 0.25) is 0 Å². The van der Waals surface area contributed by atoms with Crippen molar-refractivity contribution in [2.75, 3.05) is 12.4 Å². The Morgan fingerprint density at radius 3 is 2.61 bits per heavy atom. The topological polar surface area (TPSA) is 58.6 Å². The lowest BCUT2D eigenvalue weighted by Gasteiger charge is -2.10. The summed E-state index contributed by atoms with van der Waals surface area (Å²) in [5.74, 6) is -0.166. The molecule has 0 aliphatic heterocycles. The number of rotatable bonds is 5. The number of benzene rings is 2. The molecule has 0 fully saturated rings. The Labute approximate surface area is 151 Å². The van der Waals surface area contributed by atoms with Crippen molar-refractivity contribution in [3.63, 3.8) is 0 Å². The Balaban J connectivity index is 2.02. The monoisotopic (exact) mass is 439 g/mol. The molecule has 0 spiro atoms. The van der Waals surface area contributed by atoms with Crippen LogP contribution in [0.15, 0.2) is 51.4 Å². The Morgan fingerprint density at radius 2 is 1.96 bits per heavy atom. The highest BCUT2D eigenvalue weighted by molar-refractivity contribution is 9.11. The first-order chi connectivity index (χ1) is 11.0. The average Bonchev–Trinajstić information content (AvgIpc) is 2.55. The van der Waals surface area contributed by atoms with Gasteiger partial charge in [0.25, 0.3) is 0 Å². The van der Waals surface area contributed by atoms with Crippen LogP contribution in [-0.2, 0) is 16.1 Å². The highest BCUT2D eigenvalue weighted by Gasteiger charge is 2.07. The number of carbonyl (C=O) groups excluding carboxylic acids is 1. The molecule has 0 saturated heterocycles. The SMILES string of the molecule is COC(=O)/C=C/c1ccc(NCc2cc(Br)cc(Br)c2O)cc1. The fourth-order valence-corrected chi connectivity index (χ4v) is 3.21. The molecular formula is C17H15Br2NO3. The maximum absolute atomic E-state index is 11.0. The van der Waals surface area contributed by atoms with Crippen LogP contribution in [0.25, 0.3) is 6.08 Å². The zero-order valence-corrected chi connectivity index (χ0v) is 15.5. The smallest absolute Gasteiger partial charge is 0.330 e. The molecule has 120 valence electrons. The molecule has 0 amide bonds. The summed E-state index contributed by atoms with van der Waals surface area (Å²) in [5, 5.41) is 13.3. The van der Waals surface area contributed by atoms with Gasteiger partial charge in [-0.25, -0.2) is 4.79 Å². The molecule has 0 radical (unpaired) electrons. The molecule has 0 aromatic heterocycles. The van der Waals surface area contributed by atoms with E-state index in [9.17, 15) is 9.90 Å². The number of phenolic OH excluding ortho intramolecular Hbond substituents is 1. The standard InChI is InChI=1S/C17H15Br2NO3/c1-23-16(21)7-4-11-2-5-14(6-3-11)20-10-12-8-13(18)9-15(19)17(12)22/h2-9,20,22H,10H2,1H3/b7-4+. The molecule has 23 heavy (non-hydrogen) atoms. The van der Waals surface area contributed by atoms with E-state index in [1.54, 1.807) is 12.1 Å². The number of hydrogen-bond acceptors (Lipinski definition) is 4. The summed E-state index contributed by atoms with van der Waals surface area (Å²) < 4.78 is 6.08. The first-order valence-electron chi connectivity index (χ1n) is 6.76. The van der Waals surface area contributed by atoms with Crippen molar-refractivity contribution in [3.05, 3.63) is 62.5 Å². The quantitative estimate of drug-likeness (QED) is 0.521. The third-order valence-electron chi connectivity index (χ3n) is 3.11. The predicted molar refractivity (Wildman–Crippen MR) is 98.3 cm³/mol. The molecular weight excluding hydrogens is 426 g/mol. The first kappa shape index (κ1) is 17.6. The number of ether oxygens (including phenoxy) is 1. The van der Waals surface area contributed by atoms with Gasteiger partial charge in [-0.2, -0.15) is 0 Å². The van der Waals surface area contributed by atoms with Gasteiger partial charge >= 0.3 is 5.97 Å². The van der Waals surface area contributed by atoms with Crippen LogP contribution in [0, 0.1) is 0 Å². The maximum atomic E-state index is 11.0. The van der Waals surface area contributed by atoms with Gasteiger partial charge in [-0.3, -0.25) is 0 Å². The van der Waals surface area contributed by atoms with E-state index in [2.05, 4.69) is 41.9 Å². The lowest BCUT2D eigenvalue weighted by molar-refractivity contribution is -0.134. The van der Waals surface area contributed by atoms with E-state index >= 15 is 0 Å². The highest BCUT2D eigenvalue weighted by atomic mass is 79.9. The Bertz CT molecular complexity index is 727. The third-order valence-corrected chi connectivity index (χ3v) is 4.18. The van der Waals surface area contributed by atoms with Crippen LogP contribution >= 0.6 is 31.9 Å². The summed E-state index contributed by atoms with van der Waals surface area (Å²) in [5.41, 5.74) is 2.59. The fraction of sp³-hybridized carbons (Fsp3) is 0.118. The van der Waals surface area contributed by atoms with Gasteiger partial charge in [0.05, 0.1) is 11.6 Å². The molecule has 2 aromatic carbocycles. The van der Waals surface area contributed by atoms with Gasteiger partial charge in [0.1, 0.15) is 5.75 Å². The molecule has 0 unspecified atom stereocenters. The molecule has 4 nitrogen and oxygen atoms in total. The summed E-state index contributed by atoms with van der Waals surface area (Å²) in [6, 6.07) is 11.2. The predicted octanol–water partition coefficient (Wildman–Crippen LogP) is 4.72. The normalized spacial score (nSPS) is 10.7. The fourth-order valence-electron chi connectivity index (χ4n) is 1.90. The molecule has 0 aliphatic rings. The number of methoxy groups -OCH3 is 1. The number of nitrogens with one attached hydrogen (secondary N) is 1. The van der Waals surface area contributed by atoms with E-state index in [1.807, 2.05) is 30.3 Å². The van der Waals surface area contributed by atoms with E-state index in [0.29, 0.717) is 11.0 Å². The average molecular weight is 441 g/mol. The number of halogens is 2. The van der Waals surface area contributed by atoms with Gasteiger partial charge in [0.2, 0.25) is 0 Å². The van der Waals surface area contributed by atoms with Crippen molar-refractivity contribution in [1.29, 1.82) is 0 Å². The second-order valence-electron chi connectivity index (χ2n) is 4.73. The van der Waals surface area contributed by atoms with Crippen molar-refractivity contribution in [3.8, 4) is 5.75 Å². The molecule has 2 rings (SSSR count). The van der Waals surface area contributed by atoms with Crippen LogP contribution in [0.5, 0.6) is 5.75 Å². The van der Waals surface area contributed by atoms with E-state index in [4.69, 9.17) is 0 Å². The zero-order chi connectivity index (χ0) is 16.8. The van der Waals surface area contributed by atoms with Crippen molar-refractivity contribution >= 4 is 49.6 Å². The summed E-state index contributed by atoms with van der Waals surface area (Å²) in [6.07, 6.45) is 3.06. The number of aromatic hydroxyl groups is 1. The van der Waals surface area contributed by atoms with E-state index in [0.717, 1.165) is 21.3 Å². The van der Waals surface area contributed by atoms with Crippen molar-refractivity contribution in [2.45, 2.75) is 6.54 Å². The van der Waals surface area contributed by atoms with E-state index in [-0.39, 0.29) is 11.7 Å². The first-order valence-corrected chi connectivity index (χ1v) is 8.35. The maximum Gasteiger partial charge on any atom is 0.330 e. The molecule has 0 aliphatic carbocycles. The van der Waals surface area contributed by atoms with Gasteiger partial charge in [-0.15, -0.1) is 0 Å². The van der Waals surface area contributed by atoms with Crippen molar-refractivity contribution in [1.82, 2.24) is 0 Å². The minimum atomic E-state index is -0.386. The summed E-state index contributed by atoms with van der Waals surface area (Å²) in [7, 11) is 1.34. The van der Waals surface area contributed by atoms with Gasteiger partial charge < -0.3 is 15.2 Å². The molecule has 0 bridgehead atoms. The minimum absolute atomic E-state index is 0.221. The molecule has 6 heteroatoms. The molecule has 2 N–H and O–H groups in total. The number of anilines is 1. The summed E-state index contributed by atoms with van der Waals surface area (Å²) in [6.45, 7) is 0.487. The molecule has 0 saturated carbocycles. The third kappa shape index (κ3) is 5.11. The van der Waals surface area contributed by atoms with Gasteiger partial charge in [0, 0.05) is 28.3 Å². The Hall–Kier alpha value is -1.79. The Morgan fingerprint density at radius 1 is 1.26 bits per heavy atom. The van der Waals surface area contributed by atoms with Crippen LogP contribution in [0.3, 0.4) is 0 Å². The molecule has 0 heterocycles. The number of phenols is 1. The lowest BCUT2D eigenvalue weighted by atomic mass is 10.1. The van der Waals surface area contributed by atoms with Crippen molar-refractivity contribution < 1.29 is 14.6 Å². The molecule has 2 aromatic rings. The summed E-state index contributed by atoms with van der Waals surface area (Å²) >= 11 is 6.72. The Kier molecular flexibility index (Phi) is 6.24. The summed E-state index contributed by atoms with van der Waals surface area (Å²) in [4.78, 5) is 11.0. The van der Waals surface area contributed by atoms with Crippen LogP contribution < -0.4 is 5.32 Å². The van der Waals surface area contributed by atoms with Gasteiger partial charge in [-0.05, 0) is 51.8 Å². The zero-order valence-electron chi connectivity index (χ0n) is 12.3. The largest absolute Gasteiger partial charge is 0.506 e. The van der Waals surface area contributed by atoms with E-state index < -0.39 is 0 Å². The van der Waals surface area contributed by atoms with E-state index in [1.165, 1.54) is 13.2 Å².